The molecule has 0 saturated carbocycles. The van der Waals surface area contributed by atoms with E-state index in [9.17, 15) is 4.79 Å². The number of hydrogen-bond acceptors (Lipinski definition) is 2. The minimum absolute atomic E-state index is 0.506. The average Bonchev–Trinajstić information content (AvgIpc) is 2.48. The molecule has 2 aromatic carbocycles. The predicted molar refractivity (Wildman–Crippen MR) is 83.1 cm³/mol. The average molecular weight is 303 g/mol. The standard InChI is InChI=1S/C17H15ClO3/c18-16-8-5-15(6-9-16)12-21-11-14-3-1-13(2-4-14)7-10-17(19)20/h1-10H,11-12H2,(H,19,20). The van der Waals surface area contributed by atoms with Gasteiger partial charge in [-0.15, -0.1) is 0 Å². The third-order valence-electron chi connectivity index (χ3n) is 2.85. The molecular formula is C17H15ClO3. The number of halogens is 1. The van der Waals surface area contributed by atoms with Crippen LogP contribution in [-0.4, -0.2) is 11.1 Å². The zero-order chi connectivity index (χ0) is 15.1. The number of benzene rings is 2. The number of aliphatic carboxylic acids is 1. The summed E-state index contributed by atoms with van der Waals surface area (Å²) in [5.74, 6) is -0.953. The molecule has 0 radical (unpaired) electrons. The Morgan fingerprint density at radius 1 is 1.00 bits per heavy atom. The van der Waals surface area contributed by atoms with Crippen molar-refractivity contribution in [2.24, 2.45) is 0 Å². The van der Waals surface area contributed by atoms with Gasteiger partial charge in [0, 0.05) is 11.1 Å². The van der Waals surface area contributed by atoms with Gasteiger partial charge < -0.3 is 9.84 Å². The second-order valence-electron chi connectivity index (χ2n) is 4.53. The summed E-state index contributed by atoms with van der Waals surface area (Å²) in [6.45, 7) is 1.03. The monoisotopic (exact) mass is 302 g/mol. The third kappa shape index (κ3) is 5.42. The molecule has 4 heteroatoms. The van der Waals surface area contributed by atoms with Crippen LogP contribution in [0.5, 0.6) is 0 Å². The highest BCUT2D eigenvalue weighted by Gasteiger charge is 1.97. The fraction of sp³-hybridized carbons (Fsp3) is 0.118. The number of rotatable bonds is 6. The molecule has 0 amide bonds. The molecular weight excluding hydrogens is 288 g/mol. The van der Waals surface area contributed by atoms with Crippen LogP contribution in [0.15, 0.2) is 54.6 Å². The molecule has 0 unspecified atom stereocenters. The van der Waals surface area contributed by atoms with E-state index in [1.165, 1.54) is 0 Å². The first-order valence-corrected chi connectivity index (χ1v) is 6.83. The first-order chi connectivity index (χ1) is 10.1. The van der Waals surface area contributed by atoms with Crippen molar-refractivity contribution in [3.63, 3.8) is 0 Å². The zero-order valence-electron chi connectivity index (χ0n) is 11.3. The molecule has 3 nitrogen and oxygen atoms in total. The van der Waals surface area contributed by atoms with Gasteiger partial charge in [-0.1, -0.05) is 48.0 Å². The van der Waals surface area contributed by atoms with Crippen molar-refractivity contribution in [2.45, 2.75) is 13.2 Å². The summed E-state index contributed by atoms with van der Waals surface area (Å²) in [7, 11) is 0. The molecule has 0 heterocycles. The quantitative estimate of drug-likeness (QED) is 0.815. The Bertz CT molecular complexity index is 615. The molecule has 2 aromatic rings. The molecule has 0 spiro atoms. The van der Waals surface area contributed by atoms with Gasteiger partial charge in [-0.3, -0.25) is 0 Å². The van der Waals surface area contributed by atoms with E-state index in [2.05, 4.69) is 0 Å². The maximum absolute atomic E-state index is 10.4. The molecule has 0 aliphatic carbocycles. The second-order valence-corrected chi connectivity index (χ2v) is 4.97. The number of ether oxygens (including phenoxy) is 1. The summed E-state index contributed by atoms with van der Waals surface area (Å²) >= 11 is 5.82. The Morgan fingerprint density at radius 2 is 1.52 bits per heavy atom. The molecule has 0 atom stereocenters. The Morgan fingerprint density at radius 3 is 2.05 bits per heavy atom. The van der Waals surface area contributed by atoms with Gasteiger partial charge in [-0.2, -0.15) is 0 Å². The Kier molecular flexibility index (Phi) is 5.55. The molecule has 21 heavy (non-hydrogen) atoms. The molecule has 0 saturated heterocycles. The van der Waals surface area contributed by atoms with Crippen molar-refractivity contribution in [1.29, 1.82) is 0 Å². The van der Waals surface area contributed by atoms with E-state index in [1.54, 1.807) is 6.08 Å². The minimum atomic E-state index is -0.953. The van der Waals surface area contributed by atoms with Crippen molar-refractivity contribution in [1.82, 2.24) is 0 Å². The lowest BCUT2D eigenvalue weighted by molar-refractivity contribution is -0.131. The van der Waals surface area contributed by atoms with Gasteiger partial charge in [0.05, 0.1) is 13.2 Å². The lowest BCUT2D eigenvalue weighted by Crippen LogP contribution is -1.94. The number of carboxylic acids is 1. The van der Waals surface area contributed by atoms with Gasteiger partial charge in [-0.25, -0.2) is 4.79 Å². The summed E-state index contributed by atoms with van der Waals surface area (Å²) in [5, 5.41) is 9.27. The summed E-state index contributed by atoms with van der Waals surface area (Å²) in [5.41, 5.74) is 2.95. The van der Waals surface area contributed by atoms with Crippen molar-refractivity contribution < 1.29 is 14.6 Å². The van der Waals surface area contributed by atoms with E-state index in [1.807, 2.05) is 48.5 Å². The van der Waals surface area contributed by atoms with Crippen LogP contribution in [0.1, 0.15) is 16.7 Å². The smallest absolute Gasteiger partial charge is 0.328 e. The Hall–Kier alpha value is -2.10. The maximum atomic E-state index is 10.4. The largest absolute Gasteiger partial charge is 0.478 e. The van der Waals surface area contributed by atoms with Crippen LogP contribution >= 0.6 is 11.6 Å². The van der Waals surface area contributed by atoms with Gasteiger partial charge in [-0.05, 0) is 34.9 Å². The fourth-order valence-electron chi connectivity index (χ4n) is 1.76. The van der Waals surface area contributed by atoms with Gasteiger partial charge in [0.15, 0.2) is 0 Å². The summed E-state index contributed by atoms with van der Waals surface area (Å²) in [6, 6.07) is 15.1. The van der Waals surface area contributed by atoms with Gasteiger partial charge in [0.25, 0.3) is 0 Å². The lowest BCUT2D eigenvalue weighted by Gasteiger charge is -2.05. The van der Waals surface area contributed by atoms with Gasteiger partial charge in [0.1, 0.15) is 0 Å². The maximum Gasteiger partial charge on any atom is 0.328 e. The number of carboxylic acid groups (broad SMARTS) is 1. The molecule has 0 aliphatic rings. The second kappa shape index (κ2) is 7.62. The Labute approximate surface area is 128 Å². The van der Waals surface area contributed by atoms with Crippen LogP contribution in [0.4, 0.5) is 0 Å². The van der Waals surface area contributed by atoms with E-state index in [0.717, 1.165) is 22.8 Å². The van der Waals surface area contributed by atoms with Gasteiger partial charge >= 0.3 is 5.97 Å². The topological polar surface area (TPSA) is 46.5 Å². The SMILES string of the molecule is O=C(O)C=Cc1ccc(COCc2ccc(Cl)cc2)cc1. The van der Waals surface area contributed by atoms with E-state index < -0.39 is 5.97 Å². The molecule has 2 rings (SSSR count). The summed E-state index contributed by atoms with van der Waals surface area (Å²) in [6.07, 6.45) is 2.67. The van der Waals surface area contributed by atoms with Crippen molar-refractivity contribution in [2.75, 3.05) is 0 Å². The third-order valence-corrected chi connectivity index (χ3v) is 3.10. The highest BCUT2D eigenvalue weighted by molar-refractivity contribution is 6.30. The minimum Gasteiger partial charge on any atom is -0.478 e. The molecule has 108 valence electrons. The first-order valence-electron chi connectivity index (χ1n) is 6.45. The fourth-order valence-corrected chi connectivity index (χ4v) is 1.89. The van der Waals surface area contributed by atoms with Crippen LogP contribution in [0.2, 0.25) is 5.02 Å². The van der Waals surface area contributed by atoms with E-state index in [-0.39, 0.29) is 0 Å². The molecule has 0 fully saturated rings. The molecule has 0 aromatic heterocycles. The summed E-state index contributed by atoms with van der Waals surface area (Å²) in [4.78, 5) is 10.4. The first kappa shape index (κ1) is 15.3. The van der Waals surface area contributed by atoms with Crippen molar-refractivity contribution in [3.8, 4) is 0 Å². The zero-order valence-corrected chi connectivity index (χ0v) is 12.1. The van der Waals surface area contributed by atoms with E-state index >= 15 is 0 Å². The normalized spacial score (nSPS) is 10.9. The molecule has 0 bridgehead atoms. The highest BCUT2D eigenvalue weighted by Crippen LogP contribution is 2.12. The van der Waals surface area contributed by atoms with Crippen LogP contribution in [0.25, 0.3) is 6.08 Å². The van der Waals surface area contributed by atoms with Crippen LogP contribution in [0.3, 0.4) is 0 Å². The lowest BCUT2D eigenvalue weighted by atomic mass is 10.1. The van der Waals surface area contributed by atoms with E-state index in [4.69, 9.17) is 21.4 Å². The van der Waals surface area contributed by atoms with Crippen molar-refractivity contribution in [3.05, 3.63) is 76.3 Å². The molecule has 1 N–H and O–H groups in total. The number of carbonyl (C=O) groups is 1. The van der Waals surface area contributed by atoms with E-state index in [0.29, 0.717) is 18.2 Å². The van der Waals surface area contributed by atoms with Crippen LogP contribution in [0, 0.1) is 0 Å². The van der Waals surface area contributed by atoms with Crippen molar-refractivity contribution >= 4 is 23.6 Å². The van der Waals surface area contributed by atoms with Crippen LogP contribution in [-0.2, 0) is 22.7 Å². The highest BCUT2D eigenvalue weighted by atomic mass is 35.5. The van der Waals surface area contributed by atoms with Crippen LogP contribution < -0.4 is 0 Å². The summed E-state index contributed by atoms with van der Waals surface area (Å²) < 4.78 is 5.63. The molecule has 0 aliphatic heterocycles. The Balaban J connectivity index is 1.83. The number of hydrogen-bond donors (Lipinski definition) is 1. The predicted octanol–water partition coefficient (Wildman–Crippen LogP) is 4.15. The van der Waals surface area contributed by atoms with Gasteiger partial charge in [0.2, 0.25) is 0 Å².